The maximum Gasteiger partial charge on any atom is 0.417 e. The lowest BCUT2D eigenvalue weighted by Gasteiger charge is -2.16. The van der Waals surface area contributed by atoms with Crippen molar-refractivity contribution in [1.82, 2.24) is 0 Å². The molecule has 0 nitrogen and oxygen atoms in total. The Bertz CT molecular complexity index is 665. The highest BCUT2D eigenvalue weighted by atomic mass is 35.5. The molecule has 0 saturated heterocycles. The van der Waals surface area contributed by atoms with Gasteiger partial charge in [0.15, 0.2) is 0 Å². The number of alkyl halides is 3. The molecule has 0 unspecified atom stereocenters. The molecule has 2 aromatic rings. The molecule has 2 rings (SSSR count). The summed E-state index contributed by atoms with van der Waals surface area (Å²) in [6.45, 7) is 0. The Morgan fingerprint density at radius 3 is 2.00 bits per heavy atom. The van der Waals surface area contributed by atoms with E-state index in [9.17, 15) is 13.2 Å². The van der Waals surface area contributed by atoms with Gasteiger partial charge in [0.05, 0.1) is 20.6 Å². The van der Waals surface area contributed by atoms with Gasteiger partial charge in [-0.15, -0.1) is 0 Å². The van der Waals surface area contributed by atoms with Gasteiger partial charge in [-0.2, -0.15) is 13.2 Å². The summed E-state index contributed by atoms with van der Waals surface area (Å²) in [5.41, 5.74) is -1.06. The van der Waals surface area contributed by atoms with Crippen molar-refractivity contribution in [2.24, 2.45) is 0 Å². The van der Waals surface area contributed by atoms with Gasteiger partial charge in [0.1, 0.15) is 0 Å². The average Bonchev–Trinajstić information content (AvgIpc) is 2.35. The van der Waals surface area contributed by atoms with E-state index in [0.717, 1.165) is 6.07 Å². The summed E-state index contributed by atoms with van der Waals surface area (Å²) in [5, 5.41) is 0.128. The molecule has 2 aromatic carbocycles. The summed E-state index contributed by atoms with van der Waals surface area (Å²) in [6.07, 6.45) is -4.59. The maximum absolute atomic E-state index is 13.1. The van der Waals surface area contributed by atoms with E-state index in [4.69, 9.17) is 46.4 Å². The van der Waals surface area contributed by atoms with Crippen molar-refractivity contribution in [3.8, 4) is 11.1 Å². The number of benzene rings is 2. The van der Waals surface area contributed by atoms with Crippen LogP contribution in [0.5, 0.6) is 0 Å². The van der Waals surface area contributed by atoms with Crippen LogP contribution in [-0.2, 0) is 6.18 Å². The monoisotopic (exact) mass is 358 g/mol. The van der Waals surface area contributed by atoms with E-state index >= 15 is 0 Å². The van der Waals surface area contributed by atoms with Gasteiger partial charge in [0, 0.05) is 10.6 Å². The zero-order chi connectivity index (χ0) is 15.1. The molecule has 0 aliphatic heterocycles. The van der Waals surface area contributed by atoms with Crippen LogP contribution >= 0.6 is 46.4 Å². The number of hydrogen-bond acceptors (Lipinski definition) is 0. The smallest absolute Gasteiger partial charge is 0.166 e. The predicted octanol–water partition coefficient (Wildman–Crippen LogP) is 6.99. The predicted molar refractivity (Wildman–Crippen MR) is 76.9 cm³/mol. The van der Waals surface area contributed by atoms with Crippen LogP contribution in [0.3, 0.4) is 0 Å². The normalized spacial score (nSPS) is 11.8. The zero-order valence-corrected chi connectivity index (χ0v) is 12.6. The molecule has 0 radical (unpaired) electrons. The molecule has 106 valence electrons. The molecule has 20 heavy (non-hydrogen) atoms. The van der Waals surface area contributed by atoms with Gasteiger partial charge in [-0.1, -0.05) is 52.5 Å². The molecule has 0 aliphatic rings. The first kappa shape index (κ1) is 15.8. The first-order valence-electron chi connectivity index (χ1n) is 5.22. The third-order valence-corrected chi connectivity index (χ3v) is 3.95. The van der Waals surface area contributed by atoms with Crippen LogP contribution in [0, 0.1) is 0 Å². The van der Waals surface area contributed by atoms with Gasteiger partial charge in [-0.3, -0.25) is 0 Å². The van der Waals surface area contributed by atoms with E-state index < -0.39 is 11.7 Å². The Labute approximate surface area is 133 Å². The van der Waals surface area contributed by atoms with E-state index in [1.165, 1.54) is 24.3 Å². The van der Waals surface area contributed by atoms with E-state index in [0.29, 0.717) is 0 Å². The minimum atomic E-state index is -4.59. The summed E-state index contributed by atoms with van der Waals surface area (Å²) >= 11 is 23.4. The molecule has 0 atom stereocenters. The van der Waals surface area contributed by atoms with Crippen molar-refractivity contribution in [3.05, 3.63) is 56.0 Å². The van der Waals surface area contributed by atoms with Crippen LogP contribution in [0.15, 0.2) is 30.3 Å². The lowest BCUT2D eigenvalue weighted by Crippen LogP contribution is -2.07. The van der Waals surface area contributed by atoms with Crippen LogP contribution in [0.1, 0.15) is 5.56 Å². The number of rotatable bonds is 1. The lowest BCUT2D eigenvalue weighted by molar-refractivity contribution is -0.137. The van der Waals surface area contributed by atoms with E-state index in [-0.39, 0.29) is 31.2 Å². The second kappa shape index (κ2) is 5.64. The first-order valence-corrected chi connectivity index (χ1v) is 6.73. The Morgan fingerprint density at radius 2 is 1.40 bits per heavy atom. The highest BCUT2D eigenvalue weighted by molar-refractivity contribution is 6.46. The second-order valence-corrected chi connectivity index (χ2v) is 5.53. The summed E-state index contributed by atoms with van der Waals surface area (Å²) in [4.78, 5) is 0. The van der Waals surface area contributed by atoms with E-state index in [1.807, 2.05) is 0 Å². The third kappa shape index (κ3) is 3.01. The van der Waals surface area contributed by atoms with Crippen LogP contribution < -0.4 is 0 Å². The van der Waals surface area contributed by atoms with Gasteiger partial charge in [0.25, 0.3) is 0 Å². The largest absolute Gasteiger partial charge is 0.417 e. The lowest BCUT2D eigenvalue weighted by atomic mass is 9.99. The molecule has 0 aliphatic carbocycles. The van der Waals surface area contributed by atoms with Crippen molar-refractivity contribution in [3.63, 3.8) is 0 Å². The number of hydrogen-bond donors (Lipinski definition) is 0. The Balaban J connectivity index is 2.81. The highest BCUT2D eigenvalue weighted by Gasteiger charge is 2.35. The number of halogens is 7. The molecule has 0 aromatic heterocycles. The van der Waals surface area contributed by atoms with Gasteiger partial charge in [-0.25, -0.2) is 0 Å². The van der Waals surface area contributed by atoms with Crippen LogP contribution in [0.2, 0.25) is 20.1 Å². The highest BCUT2D eigenvalue weighted by Crippen LogP contribution is 2.45. The minimum absolute atomic E-state index is 0.0321. The summed E-state index contributed by atoms with van der Waals surface area (Å²) in [5.74, 6) is 0. The van der Waals surface area contributed by atoms with E-state index in [2.05, 4.69) is 0 Å². The maximum atomic E-state index is 13.1. The molecular formula is C13H5Cl4F3. The molecule has 0 amide bonds. The summed E-state index contributed by atoms with van der Waals surface area (Å²) < 4.78 is 39.3. The second-order valence-electron chi connectivity index (χ2n) is 3.91. The molecule has 0 bridgehead atoms. The first-order chi connectivity index (χ1) is 9.21. The molecular weight excluding hydrogens is 355 g/mol. The van der Waals surface area contributed by atoms with E-state index in [1.54, 1.807) is 0 Å². The Hall–Kier alpha value is -0.610. The zero-order valence-electron chi connectivity index (χ0n) is 9.53. The SMILES string of the molecule is FC(F)(F)c1cc(Cl)ccc1-c1c(Cl)ccc(Cl)c1Cl. The van der Waals surface area contributed by atoms with Gasteiger partial charge in [-0.05, 0) is 29.8 Å². The van der Waals surface area contributed by atoms with Crippen molar-refractivity contribution < 1.29 is 13.2 Å². The third-order valence-electron chi connectivity index (χ3n) is 2.60. The van der Waals surface area contributed by atoms with Crippen molar-refractivity contribution >= 4 is 46.4 Å². The summed E-state index contributed by atoms with van der Waals surface area (Å²) in [7, 11) is 0. The average molecular weight is 360 g/mol. The molecule has 0 spiro atoms. The molecule has 0 N–H and O–H groups in total. The fourth-order valence-electron chi connectivity index (χ4n) is 1.74. The Morgan fingerprint density at radius 1 is 0.800 bits per heavy atom. The molecule has 0 heterocycles. The van der Waals surface area contributed by atoms with Gasteiger partial charge < -0.3 is 0 Å². The molecule has 0 fully saturated rings. The van der Waals surface area contributed by atoms with Crippen LogP contribution in [-0.4, -0.2) is 0 Å². The standard InChI is InChI=1S/C13H5Cl4F3/c14-6-1-2-7(8(5-6)13(18,19)20)11-9(15)3-4-10(16)12(11)17/h1-5H. The molecule has 0 saturated carbocycles. The fraction of sp³-hybridized carbons (Fsp3) is 0.0769. The van der Waals surface area contributed by atoms with Crippen molar-refractivity contribution in [1.29, 1.82) is 0 Å². The quantitative estimate of drug-likeness (QED) is 0.481. The van der Waals surface area contributed by atoms with Gasteiger partial charge >= 0.3 is 6.18 Å². The van der Waals surface area contributed by atoms with Crippen molar-refractivity contribution in [2.45, 2.75) is 6.18 Å². The Kier molecular flexibility index (Phi) is 4.45. The molecule has 7 heteroatoms. The topological polar surface area (TPSA) is 0 Å². The van der Waals surface area contributed by atoms with Crippen molar-refractivity contribution in [2.75, 3.05) is 0 Å². The van der Waals surface area contributed by atoms with Crippen LogP contribution in [0.25, 0.3) is 11.1 Å². The fourth-order valence-corrected chi connectivity index (χ4v) is 2.65. The van der Waals surface area contributed by atoms with Gasteiger partial charge in [0.2, 0.25) is 0 Å². The van der Waals surface area contributed by atoms with Crippen LogP contribution in [0.4, 0.5) is 13.2 Å². The summed E-state index contributed by atoms with van der Waals surface area (Å²) in [6, 6.07) is 6.18. The minimum Gasteiger partial charge on any atom is -0.166 e.